The first-order chi connectivity index (χ1) is 3.29. The number of nitrogens with zero attached hydrogens (tertiary/aromatic N) is 1. The molecule has 1 aliphatic heterocycles. The number of hydrogen-bond donors (Lipinski definition) is 1. The van der Waals surface area contributed by atoms with Crippen LogP contribution in [0.1, 0.15) is 19.8 Å². The molecule has 9 heavy (non-hydrogen) atoms. The smallest absolute Gasteiger partial charge is 0 e. The van der Waals surface area contributed by atoms with Crippen LogP contribution in [0.3, 0.4) is 0 Å². The fourth-order valence-electron chi connectivity index (χ4n) is 0.833. The molecule has 1 rings (SSSR count). The van der Waals surface area contributed by atoms with Gasteiger partial charge in [-0.05, 0) is 12.6 Å². The van der Waals surface area contributed by atoms with Crippen molar-refractivity contribution in [2.45, 2.75) is 32.0 Å². The molecule has 4 heteroatoms. The van der Waals surface area contributed by atoms with Gasteiger partial charge in [0.2, 0.25) is 0 Å². The van der Waals surface area contributed by atoms with Crippen molar-refractivity contribution in [1.29, 1.82) is 0 Å². The molecule has 2 atom stereocenters. The van der Waals surface area contributed by atoms with Gasteiger partial charge in [-0.1, -0.05) is 13.3 Å². The fourth-order valence-corrected chi connectivity index (χ4v) is 0.833. The van der Waals surface area contributed by atoms with Crippen LogP contribution in [0.4, 0.5) is 0 Å². The molecule has 2 radical (unpaired) electrons. The van der Waals surface area contributed by atoms with Crippen LogP contribution in [0.2, 0.25) is 0 Å². The Bertz CT molecular complexity index is 64.0. The zero-order valence-electron chi connectivity index (χ0n) is 5.13. The predicted molar refractivity (Wildman–Crippen MR) is 28.1 cm³/mol. The summed E-state index contributed by atoms with van der Waals surface area (Å²) in [7, 11) is 0. The third-order valence-corrected chi connectivity index (χ3v) is 1.27. The third-order valence-electron chi connectivity index (χ3n) is 1.27. The molecule has 0 spiro atoms. The van der Waals surface area contributed by atoms with Crippen molar-refractivity contribution < 1.29 is 44.1 Å². The maximum Gasteiger partial charge on any atom is 0 e. The van der Waals surface area contributed by atoms with Crippen molar-refractivity contribution in [2.75, 3.05) is 0 Å². The van der Waals surface area contributed by atoms with E-state index in [4.69, 9.17) is 5.11 Å². The van der Waals surface area contributed by atoms with Gasteiger partial charge >= 0.3 is 0 Å². The van der Waals surface area contributed by atoms with Gasteiger partial charge in [0.15, 0.2) is 0 Å². The van der Waals surface area contributed by atoms with Crippen molar-refractivity contribution in [3.63, 3.8) is 0 Å². The minimum absolute atomic E-state index is 0. The van der Waals surface area contributed by atoms with Gasteiger partial charge in [-0.25, -0.2) is 0 Å². The normalized spacial score (nSPS) is 32.7. The first-order valence-corrected chi connectivity index (χ1v) is 2.67. The zero-order valence-corrected chi connectivity index (χ0v) is 8.41. The summed E-state index contributed by atoms with van der Waals surface area (Å²) in [4.78, 5) is 0. The Labute approximate surface area is 81.3 Å². The van der Waals surface area contributed by atoms with Crippen LogP contribution in [-0.4, -0.2) is 17.4 Å². The van der Waals surface area contributed by atoms with Gasteiger partial charge in [0.1, 0.15) is 0 Å². The van der Waals surface area contributed by atoms with Crippen LogP contribution in [0.15, 0.2) is 0 Å². The summed E-state index contributed by atoms with van der Waals surface area (Å²) in [5.74, 6) is 0. The second-order valence-corrected chi connectivity index (χ2v) is 2.06. The molecule has 60 valence electrons. The molecule has 1 saturated heterocycles. The minimum atomic E-state index is -0.352. The molecule has 0 aromatic heterocycles. The monoisotopic (exact) mass is 306 g/mol. The van der Waals surface area contributed by atoms with Crippen molar-refractivity contribution in [3.05, 3.63) is 5.32 Å². The molecule has 0 aromatic carbocycles. The summed E-state index contributed by atoms with van der Waals surface area (Å²) in [5.41, 5.74) is 0. The second-order valence-electron chi connectivity index (χ2n) is 2.06. The fraction of sp³-hybridized carbons (Fsp3) is 1.00. The van der Waals surface area contributed by atoms with Crippen LogP contribution in [0.25, 0.3) is 5.32 Å². The van der Waals surface area contributed by atoms with Gasteiger partial charge in [-0.15, -0.1) is 6.04 Å². The Hall–Kier alpha value is 1.17. The Morgan fingerprint density at radius 2 is 1.89 bits per heavy atom. The van der Waals surface area contributed by atoms with Gasteiger partial charge < -0.3 is 10.4 Å². The predicted octanol–water partition coefficient (Wildman–Crippen LogP) is 0.856. The van der Waals surface area contributed by atoms with E-state index in [9.17, 15) is 0 Å². The van der Waals surface area contributed by atoms with E-state index in [1.165, 1.54) is 0 Å². The molecular formula is C5H10NORh2-. The molecule has 0 amide bonds. The van der Waals surface area contributed by atoms with E-state index in [2.05, 4.69) is 5.32 Å². The van der Waals surface area contributed by atoms with E-state index in [1.54, 1.807) is 0 Å². The summed E-state index contributed by atoms with van der Waals surface area (Å²) >= 11 is 0. The van der Waals surface area contributed by atoms with Crippen LogP contribution >= 0.6 is 0 Å². The number of rotatable bonds is 0. The van der Waals surface area contributed by atoms with Crippen LogP contribution in [-0.2, 0) is 39.0 Å². The third kappa shape index (κ3) is 4.56. The molecule has 1 heterocycles. The molecule has 1 N–H and O–H groups in total. The van der Waals surface area contributed by atoms with Crippen LogP contribution in [0, 0.1) is 0 Å². The van der Waals surface area contributed by atoms with Gasteiger partial charge in [0.25, 0.3) is 0 Å². The summed E-state index contributed by atoms with van der Waals surface area (Å²) in [6, 6.07) is 0.398. The molecule has 0 saturated carbocycles. The molecule has 0 aliphatic carbocycles. The van der Waals surface area contributed by atoms with Crippen molar-refractivity contribution in [3.8, 4) is 0 Å². The number of aliphatic hydroxyl groups is 1. The SMILES string of the molecule is C[C@@H]1CCC(O)[N-]1.[Rh].[Rh]. The van der Waals surface area contributed by atoms with E-state index in [1.807, 2.05) is 6.92 Å². The summed E-state index contributed by atoms with van der Waals surface area (Å²) in [5, 5.41) is 12.7. The Kier molecular flexibility index (Phi) is 8.42. The van der Waals surface area contributed by atoms with Gasteiger partial charge in [-0.2, -0.15) is 0 Å². The van der Waals surface area contributed by atoms with Crippen molar-refractivity contribution >= 4 is 0 Å². The van der Waals surface area contributed by atoms with E-state index < -0.39 is 0 Å². The maximum atomic E-state index is 8.73. The topological polar surface area (TPSA) is 34.3 Å². The zero-order chi connectivity index (χ0) is 5.28. The second kappa shape index (κ2) is 5.91. The minimum Gasteiger partial charge on any atom is -0.634 e. The summed E-state index contributed by atoms with van der Waals surface area (Å²) in [6.07, 6.45) is 1.57. The number of aliphatic hydroxyl groups excluding tert-OH is 1. The first kappa shape index (κ1) is 12.8. The Balaban J connectivity index is 0. The van der Waals surface area contributed by atoms with E-state index >= 15 is 0 Å². The van der Waals surface area contributed by atoms with Gasteiger partial charge in [-0.3, -0.25) is 0 Å². The Morgan fingerprint density at radius 1 is 1.33 bits per heavy atom. The quantitative estimate of drug-likeness (QED) is 0.662. The van der Waals surface area contributed by atoms with Crippen LogP contribution in [0.5, 0.6) is 0 Å². The Morgan fingerprint density at radius 3 is 2.00 bits per heavy atom. The standard InChI is InChI=1S/C5H10NO.2Rh/c1-4-2-3-5(7)6-4;;/h4-5,7H,2-3H2,1H3;;/q-1;;/t4-,5?;;/m1../s1. The molecule has 0 aromatic rings. The molecule has 1 aliphatic rings. The number of hydrogen-bond acceptors (Lipinski definition) is 1. The molecule has 0 bridgehead atoms. The van der Waals surface area contributed by atoms with Gasteiger partial charge in [0, 0.05) is 39.0 Å². The summed E-state index contributed by atoms with van der Waals surface area (Å²) < 4.78 is 0. The average Bonchev–Trinajstić information content (AvgIpc) is 1.87. The van der Waals surface area contributed by atoms with E-state index in [0.717, 1.165) is 12.8 Å². The van der Waals surface area contributed by atoms with E-state index in [0.29, 0.717) is 6.04 Å². The van der Waals surface area contributed by atoms with Crippen molar-refractivity contribution in [1.82, 2.24) is 0 Å². The largest absolute Gasteiger partial charge is 0.634 e. The van der Waals surface area contributed by atoms with Crippen molar-refractivity contribution in [2.24, 2.45) is 0 Å². The van der Waals surface area contributed by atoms with Gasteiger partial charge in [0.05, 0.1) is 0 Å². The molecular weight excluding hydrogens is 296 g/mol. The molecule has 1 fully saturated rings. The molecule has 2 nitrogen and oxygen atoms in total. The van der Waals surface area contributed by atoms with E-state index in [-0.39, 0.29) is 45.2 Å². The summed E-state index contributed by atoms with van der Waals surface area (Å²) in [6.45, 7) is 2.02. The average molecular weight is 306 g/mol. The maximum absolute atomic E-state index is 8.73. The first-order valence-electron chi connectivity index (χ1n) is 2.67. The molecule has 1 unspecified atom stereocenters. The van der Waals surface area contributed by atoms with Crippen LogP contribution < -0.4 is 0 Å².